The summed E-state index contributed by atoms with van der Waals surface area (Å²) >= 11 is 5.48. The third kappa shape index (κ3) is 4.66. The Morgan fingerprint density at radius 3 is 1.90 bits per heavy atom. The highest BCUT2D eigenvalue weighted by Gasteiger charge is 2.27. The van der Waals surface area contributed by atoms with E-state index >= 15 is 0 Å². The molecule has 1 aliphatic rings. The zero-order chi connectivity index (χ0) is 20.9. The second kappa shape index (κ2) is 9.32. The monoisotopic (exact) mass is 423 g/mol. The minimum Gasteiger partial charge on any atom is -0.346 e. The number of rotatable bonds is 4. The maximum absolute atomic E-state index is 13.9. The van der Waals surface area contributed by atoms with E-state index in [0.717, 1.165) is 32.2 Å². The molecule has 0 amide bonds. The molecule has 0 atom stereocenters. The standard InChI is InChI=1S/C24H23F2N3S/c25-20-11-12-22(21(26)17-20)27-24(30)29-15-13-28(14-16-29)23(18-7-3-1-4-8-18)19-9-5-2-6-10-19/h1-12,17,23H,13-16H2,(H,27,30). The molecule has 0 aliphatic carbocycles. The first kappa shape index (κ1) is 20.4. The Kier molecular flexibility index (Phi) is 6.35. The lowest BCUT2D eigenvalue weighted by Crippen LogP contribution is -2.51. The van der Waals surface area contributed by atoms with Gasteiger partial charge in [-0.3, -0.25) is 4.90 Å². The van der Waals surface area contributed by atoms with E-state index < -0.39 is 11.6 Å². The summed E-state index contributed by atoms with van der Waals surface area (Å²) in [7, 11) is 0. The molecule has 6 heteroatoms. The fraction of sp³-hybridized carbons (Fsp3) is 0.208. The summed E-state index contributed by atoms with van der Waals surface area (Å²) < 4.78 is 27.1. The van der Waals surface area contributed by atoms with Gasteiger partial charge in [-0.05, 0) is 35.5 Å². The average Bonchev–Trinajstić information content (AvgIpc) is 2.78. The van der Waals surface area contributed by atoms with Gasteiger partial charge in [0.15, 0.2) is 5.11 Å². The molecule has 0 spiro atoms. The van der Waals surface area contributed by atoms with Crippen LogP contribution in [-0.2, 0) is 0 Å². The lowest BCUT2D eigenvalue weighted by molar-refractivity contribution is 0.151. The Bertz CT molecular complexity index is 950. The Balaban J connectivity index is 1.45. The van der Waals surface area contributed by atoms with Crippen LogP contribution in [0.15, 0.2) is 78.9 Å². The van der Waals surface area contributed by atoms with Gasteiger partial charge in [-0.25, -0.2) is 8.78 Å². The van der Waals surface area contributed by atoms with Crippen molar-refractivity contribution in [3.63, 3.8) is 0 Å². The number of nitrogens with one attached hydrogen (secondary N) is 1. The van der Waals surface area contributed by atoms with Crippen molar-refractivity contribution >= 4 is 23.0 Å². The molecule has 3 aromatic carbocycles. The summed E-state index contributed by atoms with van der Waals surface area (Å²) in [6.07, 6.45) is 0. The molecular formula is C24H23F2N3S. The lowest BCUT2D eigenvalue weighted by Gasteiger charge is -2.40. The second-order valence-electron chi connectivity index (χ2n) is 7.30. The number of thiocarbonyl (C=S) groups is 1. The number of piperazine rings is 1. The van der Waals surface area contributed by atoms with Crippen LogP contribution in [0, 0.1) is 11.6 Å². The first-order valence-electron chi connectivity index (χ1n) is 9.97. The van der Waals surface area contributed by atoms with E-state index in [1.54, 1.807) is 0 Å². The maximum Gasteiger partial charge on any atom is 0.173 e. The van der Waals surface area contributed by atoms with Crippen LogP contribution in [0.25, 0.3) is 0 Å². The topological polar surface area (TPSA) is 18.5 Å². The highest BCUT2D eigenvalue weighted by atomic mass is 32.1. The summed E-state index contributed by atoms with van der Waals surface area (Å²) in [5.74, 6) is -1.25. The Morgan fingerprint density at radius 1 is 0.800 bits per heavy atom. The molecule has 3 nitrogen and oxygen atoms in total. The van der Waals surface area contributed by atoms with E-state index in [2.05, 4.69) is 58.7 Å². The fourth-order valence-corrected chi connectivity index (χ4v) is 4.15. The first-order valence-corrected chi connectivity index (χ1v) is 10.4. The zero-order valence-electron chi connectivity index (χ0n) is 16.5. The van der Waals surface area contributed by atoms with Crippen LogP contribution in [0.3, 0.4) is 0 Å². The molecule has 1 N–H and O–H groups in total. The van der Waals surface area contributed by atoms with Crippen LogP contribution in [0.2, 0.25) is 0 Å². The van der Waals surface area contributed by atoms with Crippen molar-refractivity contribution in [3.05, 3.63) is 102 Å². The predicted molar refractivity (Wildman–Crippen MR) is 120 cm³/mol. The molecule has 1 heterocycles. The quantitative estimate of drug-likeness (QED) is 0.591. The van der Waals surface area contributed by atoms with Crippen LogP contribution in [0.5, 0.6) is 0 Å². The molecule has 0 unspecified atom stereocenters. The minimum absolute atomic E-state index is 0.172. The van der Waals surface area contributed by atoms with Crippen LogP contribution in [-0.4, -0.2) is 41.1 Å². The number of nitrogens with zero attached hydrogens (tertiary/aromatic N) is 2. The van der Waals surface area contributed by atoms with Crippen molar-refractivity contribution in [2.75, 3.05) is 31.5 Å². The van der Waals surface area contributed by atoms with Gasteiger partial charge in [-0.1, -0.05) is 60.7 Å². The molecule has 154 valence electrons. The van der Waals surface area contributed by atoms with Crippen molar-refractivity contribution in [2.24, 2.45) is 0 Å². The zero-order valence-corrected chi connectivity index (χ0v) is 17.3. The molecule has 0 radical (unpaired) electrons. The Labute approximate surface area is 180 Å². The van der Waals surface area contributed by atoms with Crippen LogP contribution >= 0.6 is 12.2 Å². The SMILES string of the molecule is Fc1ccc(NC(=S)N2CCN(C(c3ccccc3)c3ccccc3)CC2)c(F)c1. The van der Waals surface area contributed by atoms with Gasteiger partial charge in [0, 0.05) is 32.2 Å². The van der Waals surface area contributed by atoms with Gasteiger partial charge in [0.1, 0.15) is 11.6 Å². The lowest BCUT2D eigenvalue weighted by atomic mass is 9.96. The van der Waals surface area contributed by atoms with Gasteiger partial charge < -0.3 is 10.2 Å². The molecule has 0 saturated carbocycles. The van der Waals surface area contributed by atoms with Crippen molar-refractivity contribution < 1.29 is 8.78 Å². The second-order valence-corrected chi connectivity index (χ2v) is 7.69. The van der Waals surface area contributed by atoms with Crippen molar-refractivity contribution in [3.8, 4) is 0 Å². The van der Waals surface area contributed by atoms with Crippen LogP contribution in [0.4, 0.5) is 14.5 Å². The molecule has 1 saturated heterocycles. The Hall–Kier alpha value is -2.83. The molecular weight excluding hydrogens is 400 g/mol. The number of halogens is 2. The van der Waals surface area contributed by atoms with Crippen molar-refractivity contribution in [2.45, 2.75) is 6.04 Å². The Morgan fingerprint density at radius 2 is 1.37 bits per heavy atom. The smallest absolute Gasteiger partial charge is 0.173 e. The van der Waals surface area contributed by atoms with Crippen LogP contribution in [0.1, 0.15) is 17.2 Å². The molecule has 0 aromatic heterocycles. The summed E-state index contributed by atoms with van der Waals surface area (Å²) in [6.45, 7) is 3.10. The highest BCUT2D eigenvalue weighted by molar-refractivity contribution is 7.80. The summed E-state index contributed by atoms with van der Waals surface area (Å²) in [6, 6.07) is 24.6. The van der Waals surface area contributed by atoms with Gasteiger partial charge in [0.25, 0.3) is 0 Å². The van der Waals surface area contributed by atoms with Crippen molar-refractivity contribution in [1.82, 2.24) is 9.80 Å². The average molecular weight is 424 g/mol. The number of benzene rings is 3. The summed E-state index contributed by atoms with van der Waals surface area (Å²) in [4.78, 5) is 4.48. The third-order valence-electron chi connectivity index (χ3n) is 5.37. The number of anilines is 1. The molecule has 1 aliphatic heterocycles. The van der Waals surface area contributed by atoms with Crippen molar-refractivity contribution in [1.29, 1.82) is 0 Å². The molecule has 4 rings (SSSR count). The first-order chi connectivity index (χ1) is 14.6. The van der Waals surface area contributed by atoms with Gasteiger partial charge in [-0.15, -0.1) is 0 Å². The van der Waals surface area contributed by atoms with Gasteiger partial charge >= 0.3 is 0 Å². The molecule has 30 heavy (non-hydrogen) atoms. The summed E-state index contributed by atoms with van der Waals surface area (Å²) in [5, 5.41) is 3.37. The normalized spacial score (nSPS) is 14.7. The minimum atomic E-state index is -0.649. The van der Waals surface area contributed by atoms with E-state index in [0.29, 0.717) is 5.11 Å². The van der Waals surface area contributed by atoms with E-state index in [4.69, 9.17) is 12.2 Å². The molecule has 3 aromatic rings. The number of hydrogen-bond acceptors (Lipinski definition) is 2. The van der Waals surface area contributed by atoms with E-state index in [1.165, 1.54) is 23.3 Å². The molecule has 0 bridgehead atoms. The molecule has 1 fully saturated rings. The van der Waals surface area contributed by atoms with Gasteiger partial charge in [0.2, 0.25) is 0 Å². The fourth-order valence-electron chi connectivity index (χ4n) is 3.85. The van der Waals surface area contributed by atoms with E-state index in [1.807, 2.05) is 17.0 Å². The highest BCUT2D eigenvalue weighted by Crippen LogP contribution is 2.29. The van der Waals surface area contributed by atoms with E-state index in [9.17, 15) is 8.78 Å². The summed E-state index contributed by atoms with van der Waals surface area (Å²) in [5.41, 5.74) is 2.70. The van der Waals surface area contributed by atoms with Gasteiger partial charge in [0.05, 0.1) is 11.7 Å². The third-order valence-corrected chi connectivity index (χ3v) is 5.73. The van der Waals surface area contributed by atoms with E-state index in [-0.39, 0.29) is 11.7 Å². The predicted octanol–water partition coefficient (Wildman–Crippen LogP) is 5.07. The van der Waals surface area contributed by atoms with Gasteiger partial charge in [-0.2, -0.15) is 0 Å². The maximum atomic E-state index is 13.9. The number of hydrogen-bond donors (Lipinski definition) is 1. The van der Waals surface area contributed by atoms with Crippen LogP contribution < -0.4 is 5.32 Å². The largest absolute Gasteiger partial charge is 0.346 e.